The Bertz CT molecular complexity index is 592. The van der Waals surface area contributed by atoms with Crippen molar-refractivity contribution in [3.05, 3.63) is 42.0 Å². The number of benzene rings is 1. The van der Waals surface area contributed by atoms with Gasteiger partial charge in [0.05, 0.1) is 5.56 Å². The zero-order valence-electron chi connectivity index (χ0n) is 12.4. The number of H-pyrrole nitrogens is 1. The van der Waals surface area contributed by atoms with Crippen molar-refractivity contribution in [3.8, 4) is 0 Å². The van der Waals surface area contributed by atoms with Gasteiger partial charge in [0, 0.05) is 50.8 Å². The molecule has 2 aromatic rings. The van der Waals surface area contributed by atoms with E-state index in [-0.39, 0.29) is 5.91 Å². The number of aromatic amines is 1. The molecule has 0 spiro atoms. The van der Waals surface area contributed by atoms with Crippen LogP contribution in [0.4, 0.5) is 11.4 Å². The maximum atomic E-state index is 12.3. The third-order valence-electron chi connectivity index (χ3n) is 3.18. The average Bonchev–Trinajstić information content (AvgIpc) is 2.96. The second-order valence-corrected chi connectivity index (χ2v) is 5.07. The van der Waals surface area contributed by atoms with E-state index < -0.39 is 0 Å². The molecule has 0 atom stereocenters. The summed E-state index contributed by atoms with van der Waals surface area (Å²) in [5, 5.41) is 2.92. The second-order valence-electron chi connectivity index (χ2n) is 5.07. The number of carbonyl (C=O) groups is 1. The molecular formula is C15H21N5O. The Morgan fingerprint density at radius 2 is 2.24 bits per heavy atom. The Kier molecular flexibility index (Phi) is 4.81. The lowest BCUT2D eigenvalue weighted by Gasteiger charge is -2.17. The lowest BCUT2D eigenvalue weighted by molar-refractivity contribution is 0.0953. The van der Waals surface area contributed by atoms with Crippen LogP contribution < -0.4 is 16.0 Å². The van der Waals surface area contributed by atoms with Crippen molar-refractivity contribution < 1.29 is 4.79 Å². The fraction of sp³-hybridized carbons (Fsp3) is 0.333. The topological polar surface area (TPSA) is 87.0 Å². The summed E-state index contributed by atoms with van der Waals surface area (Å²) in [5.41, 5.74) is 7.81. The minimum atomic E-state index is -0.106. The third-order valence-corrected chi connectivity index (χ3v) is 3.18. The van der Waals surface area contributed by atoms with Gasteiger partial charge in [-0.3, -0.25) is 4.79 Å². The Labute approximate surface area is 124 Å². The molecule has 1 heterocycles. The van der Waals surface area contributed by atoms with Crippen molar-refractivity contribution >= 4 is 17.3 Å². The molecule has 0 aliphatic carbocycles. The molecule has 0 unspecified atom stereocenters. The van der Waals surface area contributed by atoms with E-state index in [2.05, 4.69) is 15.3 Å². The molecule has 6 heteroatoms. The van der Waals surface area contributed by atoms with Gasteiger partial charge in [-0.05, 0) is 24.6 Å². The number of anilines is 2. The van der Waals surface area contributed by atoms with Crippen LogP contribution in [0.15, 0.2) is 30.6 Å². The first-order chi connectivity index (χ1) is 10.1. The highest BCUT2D eigenvalue weighted by molar-refractivity contribution is 6.00. The molecule has 2 rings (SSSR count). The number of carbonyl (C=O) groups excluding carboxylic acids is 1. The minimum absolute atomic E-state index is 0.106. The molecular weight excluding hydrogens is 266 g/mol. The first-order valence-electron chi connectivity index (χ1n) is 6.91. The molecule has 0 saturated heterocycles. The van der Waals surface area contributed by atoms with Gasteiger partial charge in [-0.25, -0.2) is 4.98 Å². The smallest absolute Gasteiger partial charge is 0.253 e. The number of aryl methyl sites for hydroxylation is 1. The van der Waals surface area contributed by atoms with Crippen molar-refractivity contribution in [2.75, 3.05) is 31.3 Å². The fourth-order valence-corrected chi connectivity index (χ4v) is 2.11. The molecule has 0 radical (unpaired) electrons. The Morgan fingerprint density at radius 1 is 1.43 bits per heavy atom. The zero-order valence-corrected chi connectivity index (χ0v) is 12.4. The Balaban J connectivity index is 1.92. The van der Waals surface area contributed by atoms with Gasteiger partial charge < -0.3 is 20.9 Å². The number of amides is 1. The van der Waals surface area contributed by atoms with Gasteiger partial charge >= 0.3 is 0 Å². The summed E-state index contributed by atoms with van der Waals surface area (Å²) in [4.78, 5) is 21.4. The van der Waals surface area contributed by atoms with Gasteiger partial charge in [0.15, 0.2) is 0 Å². The van der Waals surface area contributed by atoms with Crippen molar-refractivity contribution in [2.24, 2.45) is 0 Å². The monoisotopic (exact) mass is 287 g/mol. The highest BCUT2D eigenvalue weighted by atomic mass is 16.1. The van der Waals surface area contributed by atoms with Gasteiger partial charge in [0.25, 0.3) is 5.91 Å². The van der Waals surface area contributed by atoms with Crippen LogP contribution in [-0.2, 0) is 6.42 Å². The van der Waals surface area contributed by atoms with Crippen LogP contribution in [0.25, 0.3) is 0 Å². The molecule has 1 aromatic heterocycles. The van der Waals surface area contributed by atoms with Crippen LogP contribution in [0.2, 0.25) is 0 Å². The largest absolute Gasteiger partial charge is 0.399 e. The molecule has 0 fully saturated rings. The molecule has 6 nitrogen and oxygen atoms in total. The van der Waals surface area contributed by atoms with Gasteiger partial charge in [0.2, 0.25) is 0 Å². The second kappa shape index (κ2) is 6.78. The molecule has 0 aliphatic rings. The zero-order chi connectivity index (χ0) is 15.2. The van der Waals surface area contributed by atoms with Gasteiger partial charge in [-0.15, -0.1) is 0 Å². The van der Waals surface area contributed by atoms with Crippen LogP contribution in [-0.4, -0.2) is 36.5 Å². The Morgan fingerprint density at radius 3 is 2.90 bits per heavy atom. The summed E-state index contributed by atoms with van der Waals surface area (Å²) in [6.07, 6.45) is 5.16. The summed E-state index contributed by atoms with van der Waals surface area (Å²) >= 11 is 0. The molecule has 21 heavy (non-hydrogen) atoms. The number of hydrogen-bond acceptors (Lipinski definition) is 4. The number of hydrogen-bond donors (Lipinski definition) is 3. The van der Waals surface area contributed by atoms with E-state index in [9.17, 15) is 4.79 Å². The van der Waals surface area contributed by atoms with E-state index in [0.717, 1.165) is 24.4 Å². The van der Waals surface area contributed by atoms with E-state index in [1.807, 2.05) is 25.1 Å². The van der Waals surface area contributed by atoms with Crippen LogP contribution in [0, 0.1) is 0 Å². The third kappa shape index (κ3) is 3.98. The number of imidazole rings is 1. The van der Waals surface area contributed by atoms with Crippen molar-refractivity contribution in [2.45, 2.75) is 12.8 Å². The van der Waals surface area contributed by atoms with E-state index in [1.165, 1.54) is 0 Å². The van der Waals surface area contributed by atoms with Crippen LogP contribution in [0.5, 0.6) is 0 Å². The van der Waals surface area contributed by atoms with E-state index in [0.29, 0.717) is 17.8 Å². The highest BCUT2D eigenvalue weighted by Gasteiger charge is 2.12. The predicted octanol–water partition coefficient (Wildman–Crippen LogP) is 1.42. The van der Waals surface area contributed by atoms with Crippen LogP contribution in [0.3, 0.4) is 0 Å². The lowest BCUT2D eigenvalue weighted by Crippen LogP contribution is -2.27. The van der Waals surface area contributed by atoms with E-state index in [4.69, 9.17) is 5.73 Å². The number of nitrogens with one attached hydrogen (secondary N) is 2. The number of rotatable bonds is 6. The van der Waals surface area contributed by atoms with Crippen LogP contribution >= 0.6 is 0 Å². The predicted molar refractivity (Wildman–Crippen MR) is 84.4 cm³/mol. The molecule has 112 valence electrons. The Hall–Kier alpha value is -2.50. The maximum Gasteiger partial charge on any atom is 0.253 e. The van der Waals surface area contributed by atoms with Gasteiger partial charge in [-0.2, -0.15) is 0 Å². The average molecular weight is 287 g/mol. The summed E-state index contributed by atoms with van der Waals surface area (Å²) in [6.45, 7) is 0.598. The molecule has 0 saturated carbocycles. The van der Waals surface area contributed by atoms with Crippen molar-refractivity contribution in [3.63, 3.8) is 0 Å². The quantitative estimate of drug-likeness (QED) is 0.554. The molecule has 0 aliphatic heterocycles. The maximum absolute atomic E-state index is 12.3. The highest BCUT2D eigenvalue weighted by Crippen LogP contribution is 2.21. The first kappa shape index (κ1) is 14.9. The van der Waals surface area contributed by atoms with E-state index in [1.54, 1.807) is 24.5 Å². The lowest BCUT2D eigenvalue weighted by atomic mass is 10.1. The summed E-state index contributed by atoms with van der Waals surface area (Å²) < 4.78 is 0. The molecule has 1 amide bonds. The van der Waals surface area contributed by atoms with Crippen LogP contribution in [0.1, 0.15) is 22.6 Å². The number of nitrogens with two attached hydrogens (primary N) is 1. The SMILES string of the molecule is CN(C)c1ccc(N)cc1C(=O)NCCCc1ncc[nH]1. The fourth-order valence-electron chi connectivity index (χ4n) is 2.11. The molecule has 1 aromatic carbocycles. The van der Waals surface area contributed by atoms with Crippen molar-refractivity contribution in [1.29, 1.82) is 0 Å². The summed E-state index contributed by atoms with van der Waals surface area (Å²) in [6, 6.07) is 5.35. The van der Waals surface area contributed by atoms with Gasteiger partial charge in [0.1, 0.15) is 5.82 Å². The normalized spacial score (nSPS) is 10.4. The standard InChI is InChI=1S/C15H21N5O/c1-20(2)13-6-5-11(16)10-12(13)15(21)19-7-3-4-14-17-8-9-18-14/h5-6,8-10H,3-4,7,16H2,1-2H3,(H,17,18)(H,19,21). The summed E-state index contributed by atoms with van der Waals surface area (Å²) in [5.74, 6) is 0.827. The molecule has 0 bridgehead atoms. The van der Waals surface area contributed by atoms with E-state index >= 15 is 0 Å². The summed E-state index contributed by atoms with van der Waals surface area (Å²) in [7, 11) is 3.80. The first-order valence-corrected chi connectivity index (χ1v) is 6.91. The minimum Gasteiger partial charge on any atom is -0.399 e. The number of aromatic nitrogens is 2. The molecule has 4 N–H and O–H groups in total. The van der Waals surface area contributed by atoms with Crippen molar-refractivity contribution in [1.82, 2.24) is 15.3 Å². The number of nitrogens with zero attached hydrogens (tertiary/aromatic N) is 2. The number of nitrogen functional groups attached to an aromatic ring is 1. The van der Waals surface area contributed by atoms with Gasteiger partial charge in [-0.1, -0.05) is 0 Å².